The van der Waals surface area contributed by atoms with Gasteiger partial charge in [0.15, 0.2) is 0 Å². The van der Waals surface area contributed by atoms with Crippen molar-refractivity contribution in [2.75, 3.05) is 0 Å². The Hall–Kier alpha value is -1.31. The molecule has 0 atom stereocenters. The molecule has 2 heteroatoms. The number of H-pyrrole nitrogens is 1. The molecule has 1 aromatic carbocycles. The van der Waals surface area contributed by atoms with Crippen LogP contribution in [0.3, 0.4) is 0 Å². The molecule has 0 unspecified atom stereocenters. The average molecular weight is 207 g/mol. The molecule has 2 rings (SSSR count). The highest BCUT2D eigenvalue weighted by Gasteiger charge is 2.06. The summed E-state index contributed by atoms with van der Waals surface area (Å²) in [5, 5.41) is 0.705. The molecule has 0 fully saturated rings. The van der Waals surface area contributed by atoms with Gasteiger partial charge in [-0.1, -0.05) is 26.8 Å². The van der Waals surface area contributed by atoms with Crippen molar-refractivity contribution < 1.29 is 4.39 Å². The molecule has 2 aromatic rings. The van der Waals surface area contributed by atoms with Crippen molar-refractivity contribution in [2.24, 2.45) is 0 Å². The Morgan fingerprint density at radius 1 is 1.27 bits per heavy atom. The maximum Gasteiger partial charge on any atom is 0.135 e. The van der Waals surface area contributed by atoms with Crippen molar-refractivity contribution in [1.82, 2.24) is 4.98 Å². The second-order valence-electron chi connectivity index (χ2n) is 3.31. The fraction of sp³-hybridized carbons (Fsp3) is 0.385. The molecule has 82 valence electrons. The van der Waals surface area contributed by atoms with E-state index in [2.05, 4.69) is 4.98 Å². The van der Waals surface area contributed by atoms with Crippen molar-refractivity contribution in [3.05, 3.63) is 35.3 Å². The number of aromatic nitrogens is 1. The first kappa shape index (κ1) is 11.8. The number of halogens is 1. The molecule has 0 aliphatic carbocycles. The zero-order chi connectivity index (χ0) is 11.4. The number of nitrogens with one attached hydrogen (secondary N) is 1. The van der Waals surface area contributed by atoms with Crippen LogP contribution in [-0.2, 0) is 6.42 Å². The summed E-state index contributed by atoms with van der Waals surface area (Å²) in [4.78, 5) is 3.11. The van der Waals surface area contributed by atoms with E-state index in [1.54, 1.807) is 0 Å². The molecule has 0 saturated heterocycles. The van der Waals surface area contributed by atoms with Gasteiger partial charge in [-0.05, 0) is 31.0 Å². The van der Waals surface area contributed by atoms with Gasteiger partial charge in [0.05, 0.1) is 0 Å². The zero-order valence-corrected chi connectivity index (χ0v) is 9.82. The number of aromatic amines is 1. The van der Waals surface area contributed by atoms with Crippen LogP contribution in [0.25, 0.3) is 10.9 Å². The van der Waals surface area contributed by atoms with Crippen LogP contribution in [-0.4, -0.2) is 4.98 Å². The van der Waals surface area contributed by atoms with Crippen LogP contribution < -0.4 is 0 Å². The third-order valence-electron chi connectivity index (χ3n) is 2.33. The highest BCUT2D eigenvalue weighted by atomic mass is 19.1. The third-order valence-corrected chi connectivity index (χ3v) is 2.33. The number of benzene rings is 1. The van der Waals surface area contributed by atoms with E-state index in [1.807, 2.05) is 45.9 Å². The summed E-state index contributed by atoms with van der Waals surface area (Å²) in [6.45, 7) is 7.90. The van der Waals surface area contributed by atoms with E-state index in [1.165, 1.54) is 0 Å². The zero-order valence-electron chi connectivity index (χ0n) is 9.82. The van der Waals surface area contributed by atoms with Gasteiger partial charge in [0, 0.05) is 16.6 Å². The average Bonchev–Trinajstić information content (AvgIpc) is 2.63. The van der Waals surface area contributed by atoms with Crippen LogP contribution in [0.15, 0.2) is 18.2 Å². The molecule has 1 aromatic heterocycles. The fourth-order valence-electron chi connectivity index (χ4n) is 1.63. The van der Waals surface area contributed by atoms with Crippen molar-refractivity contribution in [3.8, 4) is 0 Å². The number of hydrogen-bond acceptors (Lipinski definition) is 0. The molecule has 1 heterocycles. The number of hydrogen-bond donors (Lipinski definition) is 1. The SMILES string of the molecule is CC.CCc1ccc2[nH]c(C)cc2c1F. The van der Waals surface area contributed by atoms with Crippen molar-refractivity contribution in [3.63, 3.8) is 0 Å². The normalized spacial score (nSPS) is 9.93. The summed E-state index contributed by atoms with van der Waals surface area (Å²) in [6, 6.07) is 5.63. The van der Waals surface area contributed by atoms with Crippen molar-refractivity contribution in [2.45, 2.75) is 34.1 Å². The summed E-state index contributed by atoms with van der Waals surface area (Å²) in [7, 11) is 0. The lowest BCUT2D eigenvalue weighted by atomic mass is 10.1. The smallest absolute Gasteiger partial charge is 0.135 e. The maximum absolute atomic E-state index is 13.7. The number of rotatable bonds is 1. The van der Waals surface area contributed by atoms with Crippen molar-refractivity contribution in [1.29, 1.82) is 0 Å². The lowest BCUT2D eigenvalue weighted by Crippen LogP contribution is -1.87. The van der Waals surface area contributed by atoms with Gasteiger partial charge in [-0.3, -0.25) is 0 Å². The molecular formula is C13H18FN. The topological polar surface area (TPSA) is 15.8 Å². The Morgan fingerprint density at radius 2 is 1.93 bits per heavy atom. The lowest BCUT2D eigenvalue weighted by Gasteiger charge is -1.99. The summed E-state index contributed by atoms with van der Waals surface area (Å²) < 4.78 is 13.7. The van der Waals surface area contributed by atoms with Gasteiger partial charge in [0.25, 0.3) is 0 Å². The fourth-order valence-corrected chi connectivity index (χ4v) is 1.63. The van der Waals surface area contributed by atoms with Crippen molar-refractivity contribution >= 4 is 10.9 Å². The van der Waals surface area contributed by atoms with Gasteiger partial charge in [0.1, 0.15) is 5.82 Å². The highest BCUT2D eigenvalue weighted by Crippen LogP contribution is 2.21. The summed E-state index contributed by atoms with van der Waals surface area (Å²) in [5.74, 6) is -0.0793. The summed E-state index contributed by atoms with van der Waals surface area (Å²) in [6.07, 6.45) is 0.742. The molecule has 1 nitrogen and oxygen atoms in total. The second-order valence-corrected chi connectivity index (χ2v) is 3.31. The molecule has 1 N–H and O–H groups in total. The van der Waals surface area contributed by atoms with Crippen LogP contribution >= 0.6 is 0 Å². The van der Waals surface area contributed by atoms with Crippen LogP contribution in [0.4, 0.5) is 4.39 Å². The Bertz CT molecular complexity index is 443. The molecule has 0 amide bonds. The predicted octanol–water partition coefficient (Wildman–Crippen LogP) is 4.20. The standard InChI is InChI=1S/C11H12FN.C2H6/c1-3-8-4-5-10-9(11(8)12)6-7(2)13-10;1-2/h4-6,13H,3H2,1-2H3;1-2H3. The quantitative estimate of drug-likeness (QED) is 0.721. The largest absolute Gasteiger partial charge is 0.359 e. The molecule has 0 spiro atoms. The molecular weight excluding hydrogens is 189 g/mol. The molecule has 0 aliphatic rings. The monoisotopic (exact) mass is 207 g/mol. The summed E-state index contributed by atoms with van der Waals surface area (Å²) in [5.41, 5.74) is 2.67. The number of aryl methyl sites for hydroxylation is 2. The van der Waals surface area contributed by atoms with E-state index in [9.17, 15) is 4.39 Å². The number of fused-ring (bicyclic) bond motifs is 1. The van der Waals surface area contributed by atoms with Crippen LogP contribution in [0.1, 0.15) is 32.0 Å². The van der Waals surface area contributed by atoms with Gasteiger partial charge in [-0.15, -0.1) is 0 Å². The van der Waals surface area contributed by atoms with Gasteiger partial charge in [-0.25, -0.2) is 4.39 Å². The van der Waals surface area contributed by atoms with Gasteiger partial charge in [0.2, 0.25) is 0 Å². The van der Waals surface area contributed by atoms with E-state index in [0.29, 0.717) is 5.39 Å². The molecule has 0 saturated carbocycles. The molecule has 0 radical (unpaired) electrons. The van der Waals surface area contributed by atoms with E-state index in [4.69, 9.17) is 0 Å². The Kier molecular flexibility index (Phi) is 3.89. The highest BCUT2D eigenvalue weighted by molar-refractivity contribution is 5.81. The van der Waals surface area contributed by atoms with E-state index < -0.39 is 0 Å². The van der Waals surface area contributed by atoms with Gasteiger partial charge < -0.3 is 4.98 Å². The van der Waals surface area contributed by atoms with E-state index in [0.717, 1.165) is 23.2 Å². The van der Waals surface area contributed by atoms with E-state index in [-0.39, 0.29) is 5.82 Å². The van der Waals surface area contributed by atoms with Gasteiger partial charge >= 0.3 is 0 Å². The van der Waals surface area contributed by atoms with E-state index >= 15 is 0 Å². The van der Waals surface area contributed by atoms with Crippen LogP contribution in [0.5, 0.6) is 0 Å². The first-order valence-electron chi connectivity index (χ1n) is 5.49. The maximum atomic E-state index is 13.7. The Labute approximate surface area is 90.3 Å². The third kappa shape index (κ3) is 2.20. The molecule has 0 bridgehead atoms. The van der Waals surface area contributed by atoms with Crippen LogP contribution in [0, 0.1) is 12.7 Å². The molecule has 15 heavy (non-hydrogen) atoms. The Balaban J connectivity index is 0.000000531. The minimum atomic E-state index is -0.0793. The predicted molar refractivity (Wildman–Crippen MR) is 63.7 cm³/mol. The first-order chi connectivity index (χ1) is 7.22. The van der Waals surface area contributed by atoms with Crippen LogP contribution in [0.2, 0.25) is 0 Å². The minimum Gasteiger partial charge on any atom is -0.359 e. The first-order valence-corrected chi connectivity index (χ1v) is 5.49. The summed E-state index contributed by atoms with van der Waals surface area (Å²) >= 11 is 0. The minimum absolute atomic E-state index is 0.0793. The second kappa shape index (κ2) is 4.96. The Morgan fingerprint density at radius 3 is 2.53 bits per heavy atom. The van der Waals surface area contributed by atoms with Gasteiger partial charge in [-0.2, -0.15) is 0 Å². The molecule has 0 aliphatic heterocycles. The lowest BCUT2D eigenvalue weighted by molar-refractivity contribution is 0.624.